The monoisotopic (exact) mass is 378 g/mol. The van der Waals surface area contributed by atoms with Crippen LogP contribution in [-0.4, -0.2) is 21.3 Å². The van der Waals surface area contributed by atoms with Crippen LogP contribution in [0.3, 0.4) is 0 Å². The van der Waals surface area contributed by atoms with Crippen molar-refractivity contribution < 1.29 is 4.74 Å². The highest BCUT2D eigenvalue weighted by Gasteiger charge is 2.40. The van der Waals surface area contributed by atoms with Crippen molar-refractivity contribution in [1.82, 2.24) is 14.9 Å². The zero-order chi connectivity index (χ0) is 18.8. The van der Waals surface area contributed by atoms with Crippen LogP contribution in [0.1, 0.15) is 30.3 Å². The number of nitrogens with zero attached hydrogens (tertiary/aromatic N) is 3. The number of pyridine rings is 1. The predicted octanol–water partition coefficient (Wildman–Crippen LogP) is 4.00. The molecule has 2 aromatic heterocycles. The largest absolute Gasteiger partial charge is 0.494 e. The standard InChI is InChI=1S/C21H22N4OS/c1-3-26-17-9-7-16(8-10-17)25-20(15-11-13-24(2)14-15)19(23-21(25)27)18-6-4-5-12-22-18/h4-14,19-20H,3H2,1-2H3,(H,23,27)/t19-,20+/m1/s1. The van der Waals surface area contributed by atoms with E-state index in [2.05, 4.69) is 50.4 Å². The molecule has 0 unspecified atom stereocenters. The van der Waals surface area contributed by atoms with Gasteiger partial charge in [0.2, 0.25) is 0 Å². The minimum Gasteiger partial charge on any atom is -0.494 e. The number of aromatic nitrogens is 2. The van der Waals surface area contributed by atoms with Gasteiger partial charge in [-0.25, -0.2) is 0 Å². The van der Waals surface area contributed by atoms with Crippen molar-refractivity contribution >= 4 is 23.0 Å². The number of aryl methyl sites for hydroxylation is 1. The van der Waals surface area contributed by atoms with Crippen molar-refractivity contribution in [3.63, 3.8) is 0 Å². The predicted molar refractivity (Wildman–Crippen MR) is 111 cm³/mol. The van der Waals surface area contributed by atoms with E-state index in [0.717, 1.165) is 17.1 Å². The van der Waals surface area contributed by atoms with Crippen molar-refractivity contribution in [1.29, 1.82) is 0 Å². The van der Waals surface area contributed by atoms with E-state index in [1.165, 1.54) is 5.56 Å². The van der Waals surface area contributed by atoms with Crippen LogP contribution < -0.4 is 15.0 Å². The second-order valence-electron chi connectivity index (χ2n) is 6.53. The molecule has 0 spiro atoms. The molecule has 6 heteroatoms. The van der Waals surface area contributed by atoms with E-state index in [1.54, 1.807) is 0 Å². The molecular formula is C21H22N4OS. The second kappa shape index (κ2) is 7.40. The lowest BCUT2D eigenvalue weighted by molar-refractivity contribution is 0.340. The first kappa shape index (κ1) is 17.5. The van der Waals surface area contributed by atoms with Gasteiger partial charge in [-0.3, -0.25) is 4.98 Å². The highest BCUT2D eigenvalue weighted by atomic mass is 32.1. The number of hydrogen-bond donors (Lipinski definition) is 1. The Morgan fingerprint density at radius 2 is 1.96 bits per heavy atom. The highest BCUT2D eigenvalue weighted by Crippen LogP contribution is 2.41. The van der Waals surface area contributed by atoms with E-state index >= 15 is 0 Å². The van der Waals surface area contributed by atoms with Gasteiger partial charge in [-0.1, -0.05) is 6.07 Å². The molecular weight excluding hydrogens is 356 g/mol. The third-order valence-corrected chi connectivity index (χ3v) is 5.03. The molecule has 1 saturated heterocycles. The van der Waals surface area contributed by atoms with E-state index < -0.39 is 0 Å². The lowest BCUT2D eigenvalue weighted by Crippen LogP contribution is -2.29. The van der Waals surface area contributed by atoms with Crippen molar-refractivity contribution in [2.24, 2.45) is 7.05 Å². The van der Waals surface area contributed by atoms with Gasteiger partial charge in [-0.2, -0.15) is 0 Å². The molecule has 0 bridgehead atoms. The third-order valence-electron chi connectivity index (χ3n) is 4.72. The van der Waals surface area contributed by atoms with Crippen molar-refractivity contribution in [3.05, 3.63) is 78.4 Å². The summed E-state index contributed by atoms with van der Waals surface area (Å²) in [4.78, 5) is 6.74. The molecule has 0 radical (unpaired) electrons. The number of benzene rings is 1. The molecule has 3 aromatic rings. The number of thiocarbonyl (C=S) groups is 1. The topological polar surface area (TPSA) is 42.3 Å². The SMILES string of the molecule is CCOc1ccc(N2C(=S)N[C@H](c3ccccn3)[C@@H]2c2ccn(C)c2)cc1. The molecule has 0 amide bonds. The van der Waals surface area contributed by atoms with Crippen molar-refractivity contribution in [2.45, 2.75) is 19.0 Å². The average molecular weight is 379 g/mol. The second-order valence-corrected chi connectivity index (χ2v) is 6.92. The van der Waals surface area contributed by atoms with Gasteiger partial charge in [-0.15, -0.1) is 0 Å². The van der Waals surface area contributed by atoms with Crippen LogP contribution in [0.25, 0.3) is 0 Å². The van der Waals surface area contributed by atoms with Gasteiger partial charge >= 0.3 is 0 Å². The molecule has 1 fully saturated rings. The van der Waals surface area contributed by atoms with E-state index in [-0.39, 0.29) is 12.1 Å². The molecule has 2 atom stereocenters. The van der Waals surface area contributed by atoms with Crippen LogP contribution in [0.4, 0.5) is 5.69 Å². The van der Waals surface area contributed by atoms with Gasteiger partial charge in [-0.05, 0) is 67.2 Å². The highest BCUT2D eigenvalue weighted by molar-refractivity contribution is 7.80. The summed E-state index contributed by atoms with van der Waals surface area (Å²) < 4.78 is 7.63. The first-order chi connectivity index (χ1) is 13.2. The van der Waals surface area contributed by atoms with E-state index in [0.29, 0.717) is 11.7 Å². The molecule has 5 nitrogen and oxygen atoms in total. The van der Waals surface area contributed by atoms with Gasteiger partial charge in [0.25, 0.3) is 0 Å². The minimum absolute atomic E-state index is 0.0199. The van der Waals surface area contributed by atoms with Gasteiger partial charge in [0.1, 0.15) is 5.75 Å². The Kier molecular flexibility index (Phi) is 4.81. The van der Waals surface area contributed by atoms with Gasteiger partial charge in [0.05, 0.1) is 24.4 Å². The molecule has 1 aromatic carbocycles. The van der Waals surface area contributed by atoms with Crippen LogP contribution in [-0.2, 0) is 7.05 Å². The summed E-state index contributed by atoms with van der Waals surface area (Å²) in [5.41, 5.74) is 3.19. The normalized spacial score (nSPS) is 19.2. The summed E-state index contributed by atoms with van der Waals surface area (Å²) >= 11 is 5.72. The number of rotatable bonds is 5. The smallest absolute Gasteiger partial charge is 0.174 e. The molecule has 4 rings (SSSR count). The lowest BCUT2D eigenvalue weighted by atomic mass is 9.98. The Hall–Kier alpha value is -2.86. The lowest BCUT2D eigenvalue weighted by Gasteiger charge is -2.27. The van der Waals surface area contributed by atoms with Crippen LogP contribution >= 0.6 is 12.2 Å². The fourth-order valence-electron chi connectivity index (χ4n) is 3.54. The third kappa shape index (κ3) is 3.40. The zero-order valence-electron chi connectivity index (χ0n) is 15.4. The number of hydrogen-bond acceptors (Lipinski definition) is 3. The number of nitrogens with one attached hydrogen (secondary N) is 1. The van der Waals surface area contributed by atoms with Crippen molar-refractivity contribution in [2.75, 3.05) is 11.5 Å². The Labute approximate surface area is 164 Å². The Morgan fingerprint density at radius 3 is 2.59 bits per heavy atom. The Morgan fingerprint density at radius 1 is 1.15 bits per heavy atom. The maximum absolute atomic E-state index is 5.72. The van der Waals surface area contributed by atoms with Crippen LogP contribution in [0, 0.1) is 0 Å². The summed E-state index contributed by atoms with van der Waals surface area (Å²) in [5.74, 6) is 0.858. The summed E-state index contributed by atoms with van der Waals surface area (Å²) in [6.45, 7) is 2.63. The van der Waals surface area contributed by atoms with Crippen molar-refractivity contribution in [3.8, 4) is 5.75 Å². The summed E-state index contributed by atoms with van der Waals surface area (Å²) in [6.07, 6.45) is 6.02. The molecule has 3 heterocycles. The Bertz CT molecular complexity index is 923. The van der Waals surface area contributed by atoms with Gasteiger partial charge < -0.3 is 19.5 Å². The van der Waals surface area contributed by atoms with Crippen LogP contribution in [0.15, 0.2) is 67.1 Å². The van der Waals surface area contributed by atoms with E-state index in [1.807, 2.05) is 50.5 Å². The fourth-order valence-corrected chi connectivity index (χ4v) is 3.89. The number of anilines is 1. The van der Waals surface area contributed by atoms with Crippen LogP contribution in [0.2, 0.25) is 0 Å². The molecule has 0 saturated carbocycles. The van der Waals surface area contributed by atoms with E-state index in [9.17, 15) is 0 Å². The average Bonchev–Trinajstić information content (AvgIpc) is 3.26. The molecule has 0 aliphatic carbocycles. The molecule has 27 heavy (non-hydrogen) atoms. The maximum atomic E-state index is 5.72. The van der Waals surface area contributed by atoms with E-state index in [4.69, 9.17) is 17.0 Å². The minimum atomic E-state index is -0.0207. The summed E-state index contributed by atoms with van der Waals surface area (Å²) in [6, 6.07) is 16.2. The summed E-state index contributed by atoms with van der Waals surface area (Å²) in [5, 5.41) is 4.17. The van der Waals surface area contributed by atoms with Gasteiger partial charge in [0.15, 0.2) is 5.11 Å². The fraction of sp³-hybridized carbons (Fsp3) is 0.238. The molecule has 1 aliphatic rings. The molecule has 1 aliphatic heterocycles. The van der Waals surface area contributed by atoms with Crippen LogP contribution in [0.5, 0.6) is 5.75 Å². The maximum Gasteiger partial charge on any atom is 0.174 e. The zero-order valence-corrected chi connectivity index (χ0v) is 16.2. The Balaban J connectivity index is 1.75. The number of ether oxygens (including phenoxy) is 1. The summed E-state index contributed by atoms with van der Waals surface area (Å²) in [7, 11) is 2.03. The first-order valence-electron chi connectivity index (χ1n) is 9.02. The molecule has 1 N–H and O–H groups in total. The van der Waals surface area contributed by atoms with Gasteiger partial charge in [0, 0.05) is 31.3 Å². The molecule has 138 valence electrons. The first-order valence-corrected chi connectivity index (χ1v) is 9.43. The quantitative estimate of drug-likeness (QED) is 0.680.